The van der Waals surface area contributed by atoms with Gasteiger partial charge in [-0.1, -0.05) is 18.2 Å². The van der Waals surface area contributed by atoms with Crippen LogP contribution in [0.3, 0.4) is 0 Å². The molecule has 0 aliphatic rings. The molecular formula is C11H15N3. The van der Waals surface area contributed by atoms with Gasteiger partial charge in [0.25, 0.3) is 0 Å². The number of nitrogens with zero attached hydrogens (tertiary/aromatic N) is 2. The maximum atomic E-state index is 5.55. The monoisotopic (exact) mass is 189 g/mol. The molecule has 0 aliphatic heterocycles. The molecule has 74 valence electrons. The molecule has 0 bridgehead atoms. The van der Waals surface area contributed by atoms with Crippen molar-refractivity contribution < 1.29 is 0 Å². The maximum Gasteiger partial charge on any atom is 0.0715 e. The summed E-state index contributed by atoms with van der Waals surface area (Å²) in [6.45, 7) is 3.67. The van der Waals surface area contributed by atoms with Gasteiger partial charge in [-0.15, -0.1) is 0 Å². The van der Waals surface area contributed by atoms with Gasteiger partial charge in [0.15, 0.2) is 0 Å². The quantitative estimate of drug-likeness (QED) is 0.796. The van der Waals surface area contributed by atoms with E-state index in [1.165, 1.54) is 10.9 Å². The Morgan fingerprint density at radius 2 is 2.14 bits per heavy atom. The first-order valence-corrected chi connectivity index (χ1v) is 5.01. The topological polar surface area (TPSA) is 43.8 Å². The number of aryl methyl sites for hydroxylation is 1. The van der Waals surface area contributed by atoms with Crippen molar-refractivity contribution in [3.05, 3.63) is 30.0 Å². The van der Waals surface area contributed by atoms with Gasteiger partial charge in [-0.3, -0.25) is 4.68 Å². The van der Waals surface area contributed by atoms with Gasteiger partial charge in [-0.2, -0.15) is 5.10 Å². The lowest BCUT2D eigenvalue weighted by Crippen LogP contribution is -2.04. The van der Waals surface area contributed by atoms with Crippen LogP contribution in [0.15, 0.2) is 24.3 Å². The molecule has 0 unspecified atom stereocenters. The average Bonchev–Trinajstić information content (AvgIpc) is 2.58. The third kappa shape index (κ3) is 1.40. The fraction of sp³-hybridized carbons (Fsp3) is 0.364. The summed E-state index contributed by atoms with van der Waals surface area (Å²) >= 11 is 0. The van der Waals surface area contributed by atoms with E-state index in [0.29, 0.717) is 6.54 Å². The van der Waals surface area contributed by atoms with Crippen molar-refractivity contribution in [1.82, 2.24) is 9.78 Å². The molecule has 2 rings (SSSR count). The van der Waals surface area contributed by atoms with E-state index in [1.54, 1.807) is 0 Å². The Kier molecular flexibility index (Phi) is 2.50. The molecule has 0 amide bonds. The highest BCUT2D eigenvalue weighted by Crippen LogP contribution is 2.18. The Labute approximate surface area is 83.5 Å². The van der Waals surface area contributed by atoms with Crippen molar-refractivity contribution in [2.24, 2.45) is 5.73 Å². The molecule has 2 N–H and O–H groups in total. The Balaban J connectivity index is 2.61. The smallest absolute Gasteiger partial charge is 0.0715 e. The summed E-state index contributed by atoms with van der Waals surface area (Å²) < 4.78 is 2.03. The van der Waals surface area contributed by atoms with Crippen molar-refractivity contribution in [2.45, 2.75) is 19.9 Å². The van der Waals surface area contributed by atoms with Crippen LogP contribution in [-0.4, -0.2) is 16.3 Å². The third-order valence-electron chi connectivity index (χ3n) is 2.42. The average molecular weight is 189 g/mol. The first kappa shape index (κ1) is 9.21. The highest BCUT2D eigenvalue weighted by Gasteiger charge is 2.07. The maximum absolute atomic E-state index is 5.55. The second-order valence-electron chi connectivity index (χ2n) is 3.32. The van der Waals surface area contributed by atoms with E-state index < -0.39 is 0 Å². The fourth-order valence-corrected chi connectivity index (χ4v) is 1.76. The predicted molar refractivity (Wildman–Crippen MR) is 58.2 cm³/mol. The van der Waals surface area contributed by atoms with Gasteiger partial charge in [-0.05, 0) is 19.5 Å². The van der Waals surface area contributed by atoms with Crippen molar-refractivity contribution in [3.63, 3.8) is 0 Å². The molecule has 14 heavy (non-hydrogen) atoms. The summed E-state index contributed by atoms with van der Waals surface area (Å²) in [5.41, 5.74) is 7.88. The third-order valence-corrected chi connectivity index (χ3v) is 2.42. The van der Waals surface area contributed by atoms with E-state index in [2.05, 4.69) is 24.2 Å². The normalized spacial score (nSPS) is 11.0. The lowest BCUT2D eigenvalue weighted by atomic mass is 10.2. The van der Waals surface area contributed by atoms with E-state index in [-0.39, 0.29) is 0 Å². The van der Waals surface area contributed by atoms with Gasteiger partial charge in [0.1, 0.15) is 0 Å². The highest BCUT2D eigenvalue weighted by atomic mass is 15.3. The summed E-state index contributed by atoms with van der Waals surface area (Å²) in [5.74, 6) is 0. The number of fused-ring (bicyclic) bond motifs is 1. The molecule has 0 spiro atoms. The van der Waals surface area contributed by atoms with E-state index in [0.717, 1.165) is 18.7 Å². The first-order valence-electron chi connectivity index (χ1n) is 5.01. The highest BCUT2D eigenvalue weighted by molar-refractivity contribution is 5.81. The van der Waals surface area contributed by atoms with Gasteiger partial charge in [-0.25, -0.2) is 0 Å². The summed E-state index contributed by atoms with van der Waals surface area (Å²) in [5, 5.41) is 5.77. The molecule has 3 heteroatoms. The molecule has 1 aromatic carbocycles. The van der Waals surface area contributed by atoms with Crippen LogP contribution in [0.4, 0.5) is 0 Å². The van der Waals surface area contributed by atoms with Crippen LogP contribution < -0.4 is 5.73 Å². The number of hydrogen-bond acceptors (Lipinski definition) is 2. The Hall–Kier alpha value is -1.35. The zero-order chi connectivity index (χ0) is 9.97. The second kappa shape index (κ2) is 3.80. The largest absolute Gasteiger partial charge is 0.330 e. The van der Waals surface area contributed by atoms with Crippen LogP contribution in [-0.2, 0) is 13.0 Å². The first-order chi connectivity index (χ1) is 6.86. The lowest BCUT2D eigenvalue weighted by molar-refractivity contribution is 0.667. The zero-order valence-corrected chi connectivity index (χ0v) is 8.40. The van der Waals surface area contributed by atoms with Crippen molar-refractivity contribution in [2.75, 3.05) is 6.54 Å². The summed E-state index contributed by atoms with van der Waals surface area (Å²) in [4.78, 5) is 0. The SMILES string of the molecule is CCn1nc(CCN)c2ccccc21. The van der Waals surface area contributed by atoms with E-state index in [1.807, 2.05) is 16.8 Å². The Morgan fingerprint density at radius 3 is 2.86 bits per heavy atom. The minimum atomic E-state index is 0.657. The van der Waals surface area contributed by atoms with E-state index in [9.17, 15) is 0 Å². The van der Waals surface area contributed by atoms with E-state index >= 15 is 0 Å². The number of nitrogens with two attached hydrogens (primary N) is 1. The molecule has 0 saturated carbocycles. The van der Waals surface area contributed by atoms with Crippen LogP contribution in [0, 0.1) is 0 Å². The molecule has 1 aromatic heterocycles. The van der Waals surface area contributed by atoms with Crippen molar-refractivity contribution in [3.8, 4) is 0 Å². The fourth-order valence-electron chi connectivity index (χ4n) is 1.76. The lowest BCUT2D eigenvalue weighted by Gasteiger charge is -1.95. The molecule has 0 aliphatic carbocycles. The van der Waals surface area contributed by atoms with Crippen LogP contribution >= 0.6 is 0 Å². The van der Waals surface area contributed by atoms with Gasteiger partial charge in [0, 0.05) is 18.4 Å². The van der Waals surface area contributed by atoms with Gasteiger partial charge < -0.3 is 5.73 Å². The number of aromatic nitrogens is 2. The minimum Gasteiger partial charge on any atom is -0.330 e. The number of benzene rings is 1. The minimum absolute atomic E-state index is 0.657. The van der Waals surface area contributed by atoms with Gasteiger partial charge >= 0.3 is 0 Å². The number of hydrogen-bond donors (Lipinski definition) is 1. The standard InChI is InChI=1S/C11H15N3/c1-2-14-11-6-4-3-5-9(11)10(13-14)7-8-12/h3-6H,2,7-8,12H2,1H3. The van der Waals surface area contributed by atoms with Crippen LogP contribution in [0.25, 0.3) is 10.9 Å². The van der Waals surface area contributed by atoms with Crippen LogP contribution in [0.2, 0.25) is 0 Å². The summed E-state index contributed by atoms with van der Waals surface area (Å²) in [7, 11) is 0. The predicted octanol–water partition coefficient (Wildman–Crippen LogP) is 1.56. The molecule has 0 fully saturated rings. The van der Waals surface area contributed by atoms with Crippen LogP contribution in [0.5, 0.6) is 0 Å². The second-order valence-corrected chi connectivity index (χ2v) is 3.32. The Morgan fingerprint density at radius 1 is 1.36 bits per heavy atom. The van der Waals surface area contributed by atoms with Crippen LogP contribution in [0.1, 0.15) is 12.6 Å². The van der Waals surface area contributed by atoms with E-state index in [4.69, 9.17) is 5.73 Å². The van der Waals surface area contributed by atoms with Crippen molar-refractivity contribution in [1.29, 1.82) is 0 Å². The molecule has 1 heterocycles. The molecule has 2 aromatic rings. The number of rotatable bonds is 3. The molecule has 0 saturated heterocycles. The molecule has 0 radical (unpaired) electrons. The molecule has 3 nitrogen and oxygen atoms in total. The summed E-state index contributed by atoms with van der Waals surface area (Å²) in [6.07, 6.45) is 0.855. The van der Waals surface area contributed by atoms with Gasteiger partial charge in [0.2, 0.25) is 0 Å². The zero-order valence-electron chi connectivity index (χ0n) is 8.40. The number of para-hydroxylation sites is 1. The van der Waals surface area contributed by atoms with Crippen molar-refractivity contribution >= 4 is 10.9 Å². The molecule has 0 atom stereocenters. The van der Waals surface area contributed by atoms with Gasteiger partial charge in [0.05, 0.1) is 11.2 Å². The summed E-state index contributed by atoms with van der Waals surface area (Å²) in [6, 6.07) is 8.30. The molecular weight excluding hydrogens is 174 g/mol. The Bertz CT molecular complexity index is 431.